The van der Waals surface area contributed by atoms with E-state index in [-0.39, 0.29) is 0 Å². The molecule has 0 atom stereocenters. The Kier molecular flexibility index (Phi) is 3.24. The number of furan rings is 1. The lowest BCUT2D eigenvalue weighted by molar-refractivity contribution is 0.111. The highest BCUT2D eigenvalue weighted by molar-refractivity contribution is 5.82. The van der Waals surface area contributed by atoms with Crippen LogP contribution in [0, 0.1) is 0 Å². The molecule has 5 nitrogen and oxygen atoms in total. The molecule has 3 aromatic heterocycles. The van der Waals surface area contributed by atoms with Gasteiger partial charge in [0.2, 0.25) is 0 Å². The highest BCUT2D eigenvalue weighted by Crippen LogP contribution is 2.22. The van der Waals surface area contributed by atoms with Gasteiger partial charge in [-0.15, -0.1) is 0 Å². The third-order valence-electron chi connectivity index (χ3n) is 3.73. The van der Waals surface area contributed by atoms with Gasteiger partial charge in [0.05, 0.1) is 12.0 Å². The standard InChI is InChI=1S/C18H13N3O2/c22-12-15-11-14(18-17(20-15)6-9-23-18)10-13-2-4-16(5-3-13)21-8-1-7-19-21/h1-9,11-12H,10H2. The van der Waals surface area contributed by atoms with Crippen LogP contribution in [0.15, 0.2) is 65.5 Å². The van der Waals surface area contributed by atoms with Gasteiger partial charge < -0.3 is 4.42 Å². The monoisotopic (exact) mass is 303 g/mol. The average Bonchev–Trinajstić information content (AvgIpc) is 3.27. The minimum Gasteiger partial charge on any atom is -0.462 e. The lowest BCUT2D eigenvalue weighted by Crippen LogP contribution is -1.96. The van der Waals surface area contributed by atoms with Crippen molar-refractivity contribution in [1.82, 2.24) is 14.8 Å². The van der Waals surface area contributed by atoms with Crippen molar-refractivity contribution < 1.29 is 9.21 Å². The Labute approximate surface area is 132 Å². The van der Waals surface area contributed by atoms with E-state index >= 15 is 0 Å². The van der Waals surface area contributed by atoms with E-state index in [9.17, 15) is 4.79 Å². The molecule has 0 aliphatic rings. The average molecular weight is 303 g/mol. The van der Waals surface area contributed by atoms with E-state index in [1.807, 2.05) is 41.2 Å². The van der Waals surface area contributed by atoms with Crippen molar-refractivity contribution in [3.63, 3.8) is 0 Å². The molecule has 0 N–H and O–H groups in total. The van der Waals surface area contributed by atoms with Crippen molar-refractivity contribution in [2.24, 2.45) is 0 Å². The minimum absolute atomic E-state index is 0.419. The highest BCUT2D eigenvalue weighted by Gasteiger charge is 2.09. The molecule has 0 saturated heterocycles. The minimum atomic E-state index is 0.419. The molecule has 0 aliphatic carbocycles. The summed E-state index contributed by atoms with van der Waals surface area (Å²) in [7, 11) is 0. The summed E-state index contributed by atoms with van der Waals surface area (Å²) >= 11 is 0. The summed E-state index contributed by atoms with van der Waals surface area (Å²) < 4.78 is 7.32. The van der Waals surface area contributed by atoms with E-state index in [4.69, 9.17) is 4.42 Å². The molecular formula is C18H13N3O2. The molecule has 0 unspecified atom stereocenters. The Hall–Kier alpha value is -3.21. The van der Waals surface area contributed by atoms with Gasteiger partial charge in [0, 0.05) is 30.4 Å². The summed E-state index contributed by atoms with van der Waals surface area (Å²) in [4.78, 5) is 15.3. The number of carbonyl (C=O) groups excluding carboxylic acids is 1. The molecule has 1 aromatic carbocycles. The SMILES string of the molecule is O=Cc1cc(Cc2ccc(-n3cccn3)cc2)c2occc2n1. The number of benzene rings is 1. The summed E-state index contributed by atoms with van der Waals surface area (Å²) in [5.41, 5.74) is 4.94. The zero-order valence-corrected chi connectivity index (χ0v) is 12.2. The third kappa shape index (κ3) is 2.53. The van der Waals surface area contributed by atoms with Crippen molar-refractivity contribution >= 4 is 17.4 Å². The van der Waals surface area contributed by atoms with E-state index in [1.165, 1.54) is 0 Å². The van der Waals surface area contributed by atoms with Gasteiger partial charge >= 0.3 is 0 Å². The van der Waals surface area contributed by atoms with Crippen molar-refractivity contribution in [1.29, 1.82) is 0 Å². The topological polar surface area (TPSA) is 60.9 Å². The number of carbonyl (C=O) groups is 1. The van der Waals surface area contributed by atoms with Crippen molar-refractivity contribution in [2.45, 2.75) is 6.42 Å². The second-order valence-electron chi connectivity index (χ2n) is 5.25. The van der Waals surface area contributed by atoms with E-state index < -0.39 is 0 Å². The van der Waals surface area contributed by atoms with Crippen LogP contribution in [0.4, 0.5) is 0 Å². The number of hydrogen-bond acceptors (Lipinski definition) is 4. The molecule has 0 radical (unpaired) electrons. The Balaban J connectivity index is 1.68. The molecule has 0 amide bonds. The van der Waals surface area contributed by atoms with Crippen LogP contribution in [0.25, 0.3) is 16.8 Å². The van der Waals surface area contributed by atoms with Crippen LogP contribution in [-0.2, 0) is 6.42 Å². The van der Waals surface area contributed by atoms with Gasteiger partial charge in [-0.25, -0.2) is 9.67 Å². The molecule has 23 heavy (non-hydrogen) atoms. The number of hydrogen-bond donors (Lipinski definition) is 0. The highest BCUT2D eigenvalue weighted by atomic mass is 16.3. The van der Waals surface area contributed by atoms with E-state index in [2.05, 4.69) is 10.1 Å². The molecule has 0 aliphatic heterocycles. The van der Waals surface area contributed by atoms with Crippen LogP contribution >= 0.6 is 0 Å². The largest absolute Gasteiger partial charge is 0.462 e. The Bertz CT molecular complexity index is 954. The van der Waals surface area contributed by atoms with Crippen LogP contribution in [0.3, 0.4) is 0 Å². The van der Waals surface area contributed by atoms with Gasteiger partial charge in [0.15, 0.2) is 11.9 Å². The number of rotatable bonds is 4. The number of aldehydes is 1. The molecule has 0 spiro atoms. The zero-order valence-electron chi connectivity index (χ0n) is 12.2. The van der Waals surface area contributed by atoms with E-state index in [1.54, 1.807) is 24.6 Å². The first kappa shape index (κ1) is 13.5. The fraction of sp³-hybridized carbons (Fsp3) is 0.0556. The second-order valence-corrected chi connectivity index (χ2v) is 5.25. The van der Waals surface area contributed by atoms with Crippen LogP contribution < -0.4 is 0 Å². The van der Waals surface area contributed by atoms with Crippen molar-refractivity contribution in [3.05, 3.63) is 77.9 Å². The fourth-order valence-corrected chi connectivity index (χ4v) is 2.65. The maximum absolute atomic E-state index is 11.0. The van der Waals surface area contributed by atoms with E-state index in [0.717, 1.165) is 28.7 Å². The van der Waals surface area contributed by atoms with Crippen LogP contribution in [-0.4, -0.2) is 21.1 Å². The van der Waals surface area contributed by atoms with Gasteiger partial charge in [-0.2, -0.15) is 5.10 Å². The predicted octanol–water partition coefficient (Wildman–Crippen LogP) is 3.42. The lowest BCUT2D eigenvalue weighted by Gasteiger charge is -2.06. The summed E-state index contributed by atoms with van der Waals surface area (Å²) in [6.07, 6.45) is 6.68. The van der Waals surface area contributed by atoms with Crippen molar-refractivity contribution in [3.8, 4) is 5.69 Å². The maximum atomic E-state index is 11.0. The van der Waals surface area contributed by atoms with E-state index in [0.29, 0.717) is 17.6 Å². The molecule has 112 valence electrons. The van der Waals surface area contributed by atoms with Gasteiger partial charge in [0.25, 0.3) is 0 Å². The first-order valence-electron chi connectivity index (χ1n) is 7.25. The van der Waals surface area contributed by atoms with Gasteiger partial charge in [-0.05, 0) is 29.8 Å². The Morgan fingerprint density at radius 2 is 2.04 bits per heavy atom. The fourth-order valence-electron chi connectivity index (χ4n) is 2.65. The summed E-state index contributed by atoms with van der Waals surface area (Å²) in [5.74, 6) is 0. The molecular weight excluding hydrogens is 290 g/mol. The quantitative estimate of drug-likeness (QED) is 0.542. The Morgan fingerprint density at radius 3 is 2.78 bits per heavy atom. The molecule has 0 fully saturated rings. The van der Waals surface area contributed by atoms with Crippen LogP contribution in [0.1, 0.15) is 21.6 Å². The molecule has 5 heteroatoms. The first-order valence-corrected chi connectivity index (χ1v) is 7.25. The van der Waals surface area contributed by atoms with Crippen molar-refractivity contribution in [2.75, 3.05) is 0 Å². The molecule has 4 aromatic rings. The normalized spacial score (nSPS) is 11.0. The molecule has 4 rings (SSSR count). The first-order chi connectivity index (χ1) is 11.3. The smallest absolute Gasteiger partial charge is 0.168 e. The number of nitrogens with zero attached hydrogens (tertiary/aromatic N) is 3. The van der Waals surface area contributed by atoms with Gasteiger partial charge in [-0.3, -0.25) is 4.79 Å². The summed E-state index contributed by atoms with van der Waals surface area (Å²) in [6.45, 7) is 0. The summed E-state index contributed by atoms with van der Waals surface area (Å²) in [6, 6.07) is 13.6. The van der Waals surface area contributed by atoms with Gasteiger partial charge in [-0.1, -0.05) is 12.1 Å². The molecule has 3 heterocycles. The van der Waals surface area contributed by atoms with Crippen LogP contribution in [0.5, 0.6) is 0 Å². The third-order valence-corrected chi connectivity index (χ3v) is 3.73. The van der Waals surface area contributed by atoms with Gasteiger partial charge in [0.1, 0.15) is 11.2 Å². The zero-order chi connectivity index (χ0) is 15.6. The molecule has 0 saturated carbocycles. The number of pyridine rings is 1. The summed E-state index contributed by atoms with van der Waals surface area (Å²) in [5, 5.41) is 4.21. The number of aromatic nitrogens is 3. The van der Waals surface area contributed by atoms with Crippen LogP contribution in [0.2, 0.25) is 0 Å². The lowest BCUT2D eigenvalue weighted by atomic mass is 10.0. The second kappa shape index (κ2) is 5.53. The number of fused-ring (bicyclic) bond motifs is 1. The predicted molar refractivity (Wildman–Crippen MR) is 85.8 cm³/mol. The maximum Gasteiger partial charge on any atom is 0.168 e. The Morgan fingerprint density at radius 1 is 1.17 bits per heavy atom. The molecule has 0 bridgehead atoms.